The van der Waals surface area contributed by atoms with Crippen LogP contribution in [0.3, 0.4) is 0 Å². The molecule has 0 amide bonds. The molecule has 0 bridgehead atoms. The van der Waals surface area contributed by atoms with Crippen molar-refractivity contribution in [3.05, 3.63) is 34.9 Å². The number of halogens is 1. The number of hydrogen-bond donors (Lipinski definition) is 0. The standard InChI is InChI=1S/C13H13BrN2/c14-13-10-4-3-7-15-11(10)5-6-12(13)16-8-1-2-9-16/h3-7H,1-2,8-9H2. The van der Waals surface area contributed by atoms with Crippen LogP contribution in [-0.2, 0) is 0 Å². The van der Waals surface area contributed by atoms with Gasteiger partial charge in [0.1, 0.15) is 0 Å². The Morgan fingerprint density at radius 3 is 2.75 bits per heavy atom. The highest BCUT2D eigenvalue weighted by Gasteiger charge is 2.16. The third kappa shape index (κ3) is 1.59. The van der Waals surface area contributed by atoms with Crippen LogP contribution in [0.15, 0.2) is 34.9 Å². The minimum Gasteiger partial charge on any atom is -0.371 e. The minimum atomic E-state index is 1.05. The third-order valence-corrected chi connectivity index (χ3v) is 3.98. The van der Waals surface area contributed by atoms with Crippen molar-refractivity contribution < 1.29 is 0 Å². The summed E-state index contributed by atoms with van der Waals surface area (Å²) in [6.07, 6.45) is 4.44. The summed E-state index contributed by atoms with van der Waals surface area (Å²) in [6, 6.07) is 8.38. The number of rotatable bonds is 1. The van der Waals surface area contributed by atoms with E-state index >= 15 is 0 Å². The van der Waals surface area contributed by atoms with E-state index in [1.165, 1.54) is 41.5 Å². The van der Waals surface area contributed by atoms with Crippen molar-refractivity contribution in [2.45, 2.75) is 12.8 Å². The Labute approximate surface area is 103 Å². The average Bonchev–Trinajstić information content (AvgIpc) is 2.83. The molecule has 82 valence electrons. The maximum Gasteiger partial charge on any atom is 0.0714 e. The number of pyridine rings is 1. The first kappa shape index (κ1) is 10.1. The lowest BCUT2D eigenvalue weighted by Crippen LogP contribution is -2.17. The lowest BCUT2D eigenvalue weighted by molar-refractivity contribution is 0.949. The van der Waals surface area contributed by atoms with Crippen LogP contribution >= 0.6 is 15.9 Å². The number of anilines is 1. The molecule has 0 radical (unpaired) electrons. The first-order valence-corrected chi connectivity index (χ1v) is 6.44. The predicted molar refractivity (Wildman–Crippen MR) is 70.9 cm³/mol. The second kappa shape index (κ2) is 4.06. The molecule has 1 saturated heterocycles. The molecule has 2 nitrogen and oxygen atoms in total. The van der Waals surface area contributed by atoms with Gasteiger partial charge < -0.3 is 4.90 Å². The molecule has 3 rings (SSSR count). The summed E-state index contributed by atoms with van der Waals surface area (Å²) in [5.74, 6) is 0. The van der Waals surface area contributed by atoms with Gasteiger partial charge in [0.2, 0.25) is 0 Å². The third-order valence-electron chi connectivity index (χ3n) is 3.15. The molecule has 1 aliphatic heterocycles. The Bertz CT molecular complexity index is 518. The highest BCUT2D eigenvalue weighted by molar-refractivity contribution is 9.10. The molecule has 2 heterocycles. The van der Waals surface area contributed by atoms with Crippen molar-refractivity contribution in [3.63, 3.8) is 0 Å². The van der Waals surface area contributed by atoms with E-state index in [1.54, 1.807) is 0 Å². The van der Waals surface area contributed by atoms with Crippen molar-refractivity contribution in [2.24, 2.45) is 0 Å². The fraction of sp³-hybridized carbons (Fsp3) is 0.308. The number of benzene rings is 1. The van der Waals surface area contributed by atoms with Gasteiger partial charge in [-0.2, -0.15) is 0 Å². The molecular formula is C13H13BrN2. The van der Waals surface area contributed by atoms with E-state index in [-0.39, 0.29) is 0 Å². The van der Waals surface area contributed by atoms with Crippen molar-refractivity contribution in [3.8, 4) is 0 Å². The largest absolute Gasteiger partial charge is 0.371 e. The average molecular weight is 277 g/mol. The van der Waals surface area contributed by atoms with Crippen molar-refractivity contribution >= 4 is 32.5 Å². The fourth-order valence-electron chi connectivity index (χ4n) is 2.31. The van der Waals surface area contributed by atoms with E-state index in [1.807, 2.05) is 12.3 Å². The summed E-state index contributed by atoms with van der Waals surface area (Å²) in [6.45, 7) is 2.34. The SMILES string of the molecule is Brc1c(N2CCCC2)ccc2ncccc12. The van der Waals surface area contributed by atoms with Gasteiger partial charge in [-0.3, -0.25) is 4.98 Å². The topological polar surface area (TPSA) is 16.1 Å². The molecule has 1 aromatic heterocycles. The van der Waals surface area contributed by atoms with Crippen LogP contribution in [0.4, 0.5) is 5.69 Å². The zero-order chi connectivity index (χ0) is 11.0. The van der Waals surface area contributed by atoms with Gasteiger partial charge in [0.05, 0.1) is 15.7 Å². The zero-order valence-corrected chi connectivity index (χ0v) is 10.6. The Balaban J connectivity index is 2.15. The molecule has 16 heavy (non-hydrogen) atoms. The molecule has 0 unspecified atom stereocenters. The highest BCUT2D eigenvalue weighted by Crippen LogP contribution is 2.34. The van der Waals surface area contributed by atoms with E-state index in [0.717, 1.165) is 5.52 Å². The van der Waals surface area contributed by atoms with Gasteiger partial charge in [-0.25, -0.2) is 0 Å². The first-order valence-electron chi connectivity index (χ1n) is 5.64. The van der Waals surface area contributed by atoms with Crippen LogP contribution in [0.5, 0.6) is 0 Å². The number of nitrogens with zero attached hydrogens (tertiary/aromatic N) is 2. The Morgan fingerprint density at radius 2 is 1.94 bits per heavy atom. The monoisotopic (exact) mass is 276 g/mol. The maximum atomic E-state index is 4.36. The Morgan fingerprint density at radius 1 is 1.12 bits per heavy atom. The summed E-state index contributed by atoms with van der Waals surface area (Å²) in [5.41, 5.74) is 2.36. The van der Waals surface area contributed by atoms with Crippen molar-refractivity contribution in [1.82, 2.24) is 4.98 Å². The van der Waals surface area contributed by atoms with E-state index in [2.05, 4.69) is 44.0 Å². The predicted octanol–water partition coefficient (Wildman–Crippen LogP) is 3.60. The Kier molecular flexibility index (Phi) is 2.56. The lowest BCUT2D eigenvalue weighted by atomic mass is 10.2. The van der Waals surface area contributed by atoms with Gasteiger partial charge in [0.25, 0.3) is 0 Å². The molecule has 1 aliphatic rings. The van der Waals surface area contributed by atoms with Gasteiger partial charge in [0.15, 0.2) is 0 Å². The fourth-order valence-corrected chi connectivity index (χ4v) is 3.03. The van der Waals surface area contributed by atoms with Crippen LogP contribution in [0.1, 0.15) is 12.8 Å². The van der Waals surface area contributed by atoms with Gasteiger partial charge in [0, 0.05) is 24.7 Å². The number of aromatic nitrogens is 1. The summed E-state index contributed by atoms with van der Waals surface area (Å²) in [7, 11) is 0. The zero-order valence-electron chi connectivity index (χ0n) is 8.99. The molecule has 0 spiro atoms. The van der Waals surface area contributed by atoms with Crippen LogP contribution in [0.2, 0.25) is 0 Å². The van der Waals surface area contributed by atoms with E-state index in [4.69, 9.17) is 0 Å². The molecule has 1 aromatic carbocycles. The summed E-state index contributed by atoms with van der Waals surface area (Å²) >= 11 is 3.71. The Hall–Kier alpha value is -1.09. The van der Waals surface area contributed by atoms with Crippen LogP contribution in [0.25, 0.3) is 10.9 Å². The molecule has 0 atom stereocenters. The molecule has 1 fully saturated rings. The summed E-state index contributed by atoms with van der Waals surface area (Å²) in [5, 5.41) is 1.20. The van der Waals surface area contributed by atoms with Crippen LogP contribution in [0, 0.1) is 0 Å². The maximum absolute atomic E-state index is 4.36. The molecule has 0 saturated carbocycles. The van der Waals surface area contributed by atoms with Crippen LogP contribution < -0.4 is 4.90 Å². The highest BCUT2D eigenvalue weighted by atomic mass is 79.9. The van der Waals surface area contributed by atoms with E-state index in [0.29, 0.717) is 0 Å². The van der Waals surface area contributed by atoms with Gasteiger partial charge in [-0.1, -0.05) is 6.07 Å². The van der Waals surface area contributed by atoms with Gasteiger partial charge >= 0.3 is 0 Å². The second-order valence-electron chi connectivity index (χ2n) is 4.16. The minimum absolute atomic E-state index is 1.05. The molecule has 2 aromatic rings. The van der Waals surface area contributed by atoms with E-state index in [9.17, 15) is 0 Å². The summed E-state index contributed by atoms with van der Waals surface area (Å²) < 4.78 is 1.18. The first-order chi connectivity index (χ1) is 7.86. The van der Waals surface area contributed by atoms with Gasteiger partial charge in [-0.15, -0.1) is 0 Å². The van der Waals surface area contributed by atoms with E-state index < -0.39 is 0 Å². The number of fused-ring (bicyclic) bond motifs is 1. The normalized spacial score (nSPS) is 15.9. The quantitative estimate of drug-likeness (QED) is 0.791. The second-order valence-corrected chi connectivity index (χ2v) is 4.96. The molecule has 3 heteroatoms. The molecular weight excluding hydrogens is 264 g/mol. The lowest BCUT2D eigenvalue weighted by Gasteiger charge is -2.20. The summed E-state index contributed by atoms with van der Waals surface area (Å²) in [4.78, 5) is 6.80. The smallest absolute Gasteiger partial charge is 0.0714 e. The molecule has 0 N–H and O–H groups in total. The number of hydrogen-bond acceptors (Lipinski definition) is 2. The molecule has 0 aliphatic carbocycles. The van der Waals surface area contributed by atoms with Crippen molar-refractivity contribution in [2.75, 3.05) is 18.0 Å². The van der Waals surface area contributed by atoms with Crippen molar-refractivity contribution in [1.29, 1.82) is 0 Å². The van der Waals surface area contributed by atoms with Gasteiger partial charge in [-0.05, 0) is 47.0 Å². The van der Waals surface area contributed by atoms with Crippen LogP contribution in [-0.4, -0.2) is 18.1 Å².